The van der Waals surface area contributed by atoms with E-state index < -0.39 is 0 Å². The summed E-state index contributed by atoms with van der Waals surface area (Å²) in [5.41, 5.74) is 2.03. The molecule has 8 nitrogen and oxygen atoms in total. The highest BCUT2D eigenvalue weighted by Gasteiger charge is 2.45. The van der Waals surface area contributed by atoms with Crippen molar-refractivity contribution in [3.8, 4) is 6.07 Å². The minimum Gasteiger partial charge on any atom is -0.447 e. The first kappa shape index (κ1) is 21.5. The Morgan fingerprint density at radius 1 is 1.21 bits per heavy atom. The number of benzene rings is 1. The average Bonchev–Trinajstić information content (AvgIpc) is 3.34. The minimum absolute atomic E-state index is 0.116. The number of halogens is 1. The normalized spacial score (nSPS) is 21.9. The number of nitrogens with zero attached hydrogens (tertiary/aromatic N) is 5. The summed E-state index contributed by atoms with van der Waals surface area (Å²) in [6, 6.07) is 9.84. The van der Waals surface area contributed by atoms with Gasteiger partial charge in [-0.15, -0.1) is 0 Å². The Kier molecular flexibility index (Phi) is 5.59. The van der Waals surface area contributed by atoms with Crippen LogP contribution in [0.1, 0.15) is 51.1 Å². The third-order valence-electron chi connectivity index (χ3n) is 6.51. The molecule has 33 heavy (non-hydrogen) atoms. The van der Waals surface area contributed by atoms with Crippen LogP contribution in [-0.2, 0) is 4.74 Å². The van der Waals surface area contributed by atoms with E-state index in [-0.39, 0.29) is 30.3 Å². The van der Waals surface area contributed by atoms with Crippen LogP contribution in [0.15, 0.2) is 36.8 Å². The van der Waals surface area contributed by atoms with E-state index in [2.05, 4.69) is 32.1 Å². The van der Waals surface area contributed by atoms with Crippen molar-refractivity contribution in [2.75, 3.05) is 5.32 Å². The van der Waals surface area contributed by atoms with Gasteiger partial charge in [0.25, 0.3) is 0 Å². The maximum atomic E-state index is 12.6. The highest BCUT2D eigenvalue weighted by atomic mass is 35.5. The molecule has 0 radical (unpaired) electrons. The second-order valence-corrected chi connectivity index (χ2v) is 9.37. The molecule has 9 heteroatoms. The van der Waals surface area contributed by atoms with Gasteiger partial charge >= 0.3 is 6.09 Å². The number of amides is 1. The Hall–Kier alpha value is -3.31. The van der Waals surface area contributed by atoms with E-state index in [1.54, 1.807) is 24.5 Å². The molecule has 1 N–H and O–H groups in total. The summed E-state index contributed by atoms with van der Waals surface area (Å²) < 4.78 is 7.69. The molecule has 0 aliphatic carbocycles. The summed E-state index contributed by atoms with van der Waals surface area (Å²) in [5.74, 6) is 0.659. The van der Waals surface area contributed by atoms with Crippen LogP contribution in [0.4, 0.5) is 16.3 Å². The van der Waals surface area contributed by atoms with Crippen molar-refractivity contribution in [3.05, 3.63) is 47.4 Å². The van der Waals surface area contributed by atoms with Crippen molar-refractivity contribution in [1.29, 1.82) is 5.26 Å². The van der Waals surface area contributed by atoms with E-state index in [9.17, 15) is 4.79 Å². The van der Waals surface area contributed by atoms with Crippen LogP contribution in [-0.4, -0.2) is 43.7 Å². The number of anilines is 2. The zero-order valence-electron chi connectivity index (χ0n) is 18.5. The SMILES string of the molecule is CC(C)OC(=O)N1C2CC[C@H]1CC(n1ccc3c(Nc4ccc(C#N)cc4Cl)ncnc31)C2. The molecule has 2 aliphatic heterocycles. The molecule has 2 aliphatic rings. The number of hydrogen-bond donors (Lipinski definition) is 1. The third kappa shape index (κ3) is 3.98. The molecule has 2 unspecified atom stereocenters. The summed E-state index contributed by atoms with van der Waals surface area (Å²) in [4.78, 5) is 23.5. The molecule has 1 amide bonds. The molecule has 2 saturated heterocycles. The van der Waals surface area contributed by atoms with Crippen LogP contribution >= 0.6 is 11.6 Å². The van der Waals surface area contributed by atoms with E-state index in [1.165, 1.54) is 0 Å². The van der Waals surface area contributed by atoms with Gasteiger partial charge in [-0.25, -0.2) is 14.8 Å². The number of nitrogens with one attached hydrogen (secondary N) is 1. The predicted molar refractivity (Wildman–Crippen MR) is 126 cm³/mol. The minimum atomic E-state index is -0.193. The Balaban J connectivity index is 1.39. The molecule has 0 saturated carbocycles. The maximum absolute atomic E-state index is 12.6. The first-order valence-corrected chi connectivity index (χ1v) is 11.6. The molecule has 1 aromatic carbocycles. The molecule has 3 atom stereocenters. The maximum Gasteiger partial charge on any atom is 0.410 e. The monoisotopic (exact) mass is 464 g/mol. The Bertz CT molecular complexity index is 1240. The molecule has 0 spiro atoms. The van der Waals surface area contributed by atoms with E-state index in [4.69, 9.17) is 21.6 Å². The van der Waals surface area contributed by atoms with Crippen molar-refractivity contribution in [2.24, 2.45) is 0 Å². The number of carbonyl (C=O) groups excluding carboxylic acids is 1. The van der Waals surface area contributed by atoms with E-state index >= 15 is 0 Å². The van der Waals surface area contributed by atoms with Gasteiger partial charge in [0, 0.05) is 24.3 Å². The Morgan fingerprint density at radius 3 is 2.64 bits per heavy atom. The van der Waals surface area contributed by atoms with E-state index in [0.29, 0.717) is 22.1 Å². The number of hydrogen-bond acceptors (Lipinski definition) is 6. The fourth-order valence-corrected chi connectivity index (χ4v) is 5.34. The lowest BCUT2D eigenvalue weighted by Gasteiger charge is -2.39. The fourth-order valence-electron chi connectivity index (χ4n) is 5.11. The molecule has 2 bridgehead atoms. The quantitative estimate of drug-likeness (QED) is 0.554. The van der Waals surface area contributed by atoms with Gasteiger partial charge in [0.1, 0.15) is 17.8 Å². The number of aromatic nitrogens is 3. The summed E-state index contributed by atoms with van der Waals surface area (Å²) >= 11 is 6.34. The summed E-state index contributed by atoms with van der Waals surface area (Å²) in [7, 11) is 0. The number of carbonyl (C=O) groups is 1. The molecule has 5 rings (SSSR count). The third-order valence-corrected chi connectivity index (χ3v) is 6.82. The fraction of sp³-hybridized carbons (Fsp3) is 0.417. The standard InChI is InChI=1S/C24H25ClN6O2/c1-14(2)33-24(32)31-16-4-5-17(31)11-18(10-16)30-8-7-19-22(27-13-28-23(19)30)29-21-6-3-15(12-26)9-20(21)25/h3,6-9,13-14,16-18H,4-5,10-11H2,1-2H3,(H,27,28,29)/t16-,17?,18?/m0/s1. The lowest BCUT2D eigenvalue weighted by Crippen LogP contribution is -2.47. The smallest absolute Gasteiger partial charge is 0.410 e. The lowest BCUT2D eigenvalue weighted by atomic mass is 9.97. The van der Waals surface area contributed by atoms with Crippen molar-refractivity contribution in [3.63, 3.8) is 0 Å². The first-order chi connectivity index (χ1) is 15.9. The number of fused-ring (bicyclic) bond motifs is 3. The zero-order valence-corrected chi connectivity index (χ0v) is 19.3. The summed E-state index contributed by atoms with van der Waals surface area (Å²) in [5, 5.41) is 13.7. The van der Waals surface area contributed by atoms with E-state index in [1.807, 2.05) is 24.8 Å². The molecule has 4 heterocycles. The van der Waals surface area contributed by atoms with Crippen LogP contribution in [0, 0.1) is 11.3 Å². The highest BCUT2D eigenvalue weighted by Crippen LogP contribution is 2.42. The van der Waals surface area contributed by atoms with Crippen LogP contribution in [0.5, 0.6) is 0 Å². The predicted octanol–water partition coefficient (Wildman–Crippen LogP) is 5.41. The largest absolute Gasteiger partial charge is 0.447 e. The Labute approximate surface area is 197 Å². The van der Waals surface area contributed by atoms with Crippen molar-refractivity contribution in [2.45, 2.75) is 63.8 Å². The number of ether oxygens (including phenoxy) is 1. The van der Waals surface area contributed by atoms with E-state index in [0.717, 1.165) is 36.7 Å². The van der Waals surface area contributed by atoms with Crippen LogP contribution in [0.2, 0.25) is 5.02 Å². The summed E-state index contributed by atoms with van der Waals surface area (Å²) in [6.45, 7) is 3.77. The number of piperidine rings is 1. The van der Waals surface area contributed by atoms with Crippen molar-refractivity contribution in [1.82, 2.24) is 19.4 Å². The van der Waals surface area contributed by atoms with Gasteiger partial charge in [-0.2, -0.15) is 5.26 Å². The van der Waals surface area contributed by atoms with Gasteiger partial charge in [0.05, 0.1) is 33.8 Å². The molecule has 3 aromatic rings. The lowest BCUT2D eigenvalue weighted by molar-refractivity contribution is 0.0418. The van der Waals surface area contributed by atoms with Gasteiger partial charge in [0.2, 0.25) is 0 Å². The highest BCUT2D eigenvalue weighted by molar-refractivity contribution is 6.33. The topological polar surface area (TPSA) is 96.1 Å². The van der Waals surface area contributed by atoms with Crippen LogP contribution in [0.25, 0.3) is 11.0 Å². The number of nitriles is 1. The second-order valence-electron chi connectivity index (χ2n) is 8.96. The molecule has 170 valence electrons. The van der Waals surface area contributed by atoms with Gasteiger partial charge in [-0.3, -0.25) is 0 Å². The Morgan fingerprint density at radius 2 is 1.97 bits per heavy atom. The summed E-state index contributed by atoms with van der Waals surface area (Å²) in [6.07, 6.45) is 7.05. The van der Waals surface area contributed by atoms with Gasteiger partial charge in [0.15, 0.2) is 0 Å². The first-order valence-electron chi connectivity index (χ1n) is 11.2. The second kappa shape index (κ2) is 8.56. The molecule has 2 aromatic heterocycles. The number of rotatable bonds is 4. The van der Waals surface area contributed by atoms with Crippen LogP contribution < -0.4 is 5.32 Å². The van der Waals surface area contributed by atoms with Gasteiger partial charge in [-0.05, 0) is 63.8 Å². The molecular weight excluding hydrogens is 440 g/mol. The van der Waals surface area contributed by atoms with Crippen molar-refractivity contribution >= 4 is 40.2 Å². The van der Waals surface area contributed by atoms with Gasteiger partial charge in [-0.1, -0.05) is 11.6 Å². The molecular formula is C24H25ClN6O2. The van der Waals surface area contributed by atoms with Crippen LogP contribution in [0.3, 0.4) is 0 Å². The zero-order chi connectivity index (χ0) is 23.1. The average molecular weight is 465 g/mol. The molecule has 2 fully saturated rings. The van der Waals surface area contributed by atoms with Gasteiger partial charge < -0.3 is 19.5 Å². The van der Waals surface area contributed by atoms with Crippen molar-refractivity contribution < 1.29 is 9.53 Å².